The highest BCUT2D eigenvalue weighted by Crippen LogP contribution is 2.12. The van der Waals surface area contributed by atoms with E-state index in [0.717, 1.165) is 17.9 Å². The quantitative estimate of drug-likeness (QED) is 0.873. The first kappa shape index (κ1) is 12.3. The second-order valence-electron chi connectivity index (χ2n) is 3.81. The summed E-state index contributed by atoms with van der Waals surface area (Å²) in [5.74, 6) is 0.926. The number of aromatic nitrogens is 5. The van der Waals surface area contributed by atoms with Gasteiger partial charge in [0, 0.05) is 12.2 Å². The lowest BCUT2D eigenvalue weighted by atomic mass is 10.4. The van der Waals surface area contributed by atoms with Gasteiger partial charge in [-0.3, -0.25) is 0 Å². The number of hydrogen-bond donors (Lipinski definition) is 1. The lowest BCUT2D eigenvalue weighted by Crippen LogP contribution is -2.11. The Morgan fingerprint density at radius 2 is 2.06 bits per heavy atom. The molecule has 1 N–H and O–H groups in total. The number of nitrogens with zero attached hydrogens (tertiary/aromatic N) is 5. The van der Waals surface area contributed by atoms with Gasteiger partial charge in [-0.1, -0.05) is 0 Å². The fourth-order valence-electron chi connectivity index (χ4n) is 1.60. The van der Waals surface area contributed by atoms with E-state index in [1.54, 1.807) is 4.68 Å². The second-order valence-corrected chi connectivity index (χ2v) is 3.81. The molecule has 0 unspecified atom stereocenters. The fourth-order valence-corrected chi connectivity index (χ4v) is 1.60. The predicted molar refractivity (Wildman–Crippen MR) is 67.1 cm³/mol. The zero-order valence-electron chi connectivity index (χ0n) is 10.9. The third-order valence-electron chi connectivity index (χ3n) is 2.32. The molecule has 2 aromatic rings. The summed E-state index contributed by atoms with van der Waals surface area (Å²) in [4.78, 5) is 12.6. The Morgan fingerprint density at radius 3 is 2.61 bits per heavy atom. The summed E-state index contributed by atoms with van der Waals surface area (Å²) >= 11 is 0. The third-order valence-corrected chi connectivity index (χ3v) is 2.32. The van der Waals surface area contributed by atoms with Crippen LogP contribution >= 0.6 is 0 Å². The van der Waals surface area contributed by atoms with E-state index in [0.29, 0.717) is 11.9 Å². The summed E-state index contributed by atoms with van der Waals surface area (Å²) in [6, 6.07) is 2.23. The highest BCUT2D eigenvalue weighted by molar-refractivity contribution is 5.31. The highest BCUT2D eigenvalue weighted by Gasteiger charge is 2.11. The molecule has 0 radical (unpaired) electrons. The number of hydrogen-bond acceptors (Lipinski definition) is 6. The van der Waals surface area contributed by atoms with Crippen LogP contribution in [-0.4, -0.2) is 38.4 Å². The molecule has 0 aliphatic rings. The van der Waals surface area contributed by atoms with Crippen LogP contribution in [0, 0.1) is 13.8 Å². The van der Waals surface area contributed by atoms with Crippen LogP contribution < -0.4 is 10.1 Å². The standard InChI is InChI=1S/C11H16N6O/c1-5-12-9-13-10(15-11(14-9)18-4)17-8(3)6-7(2)16-17/h6H,5H2,1-4H3,(H,12,13,14,15). The molecular weight excluding hydrogens is 232 g/mol. The molecule has 0 amide bonds. The highest BCUT2D eigenvalue weighted by atomic mass is 16.5. The average molecular weight is 248 g/mol. The van der Waals surface area contributed by atoms with Crippen molar-refractivity contribution in [2.45, 2.75) is 20.8 Å². The van der Waals surface area contributed by atoms with Crippen molar-refractivity contribution >= 4 is 5.95 Å². The Balaban J connectivity index is 2.49. The van der Waals surface area contributed by atoms with Gasteiger partial charge in [-0.25, -0.2) is 4.68 Å². The van der Waals surface area contributed by atoms with Crippen molar-refractivity contribution in [2.75, 3.05) is 19.0 Å². The number of methoxy groups -OCH3 is 1. The van der Waals surface area contributed by atoms with Gasteiger partial charge in [-0.2, -0.15) is 20.1 Å². The van der Waals surface area contributed by atoms with Gasteiger partial charge in [-0.05, 0) is 26.8 Å². The molecule has 0 saturated heterocycles. The van der Waals surface area contributed by atoms with Gasteiger partial charge < -0.3 is 10.1 Å². The van der Waals surface area contributed by atoms with Gasteiger partial charge in [0.25, 0.3) is 5.95 Å². The maximum Gasteiger partial charge on any atom is 0.322 e. The van der Waals surface area contributed by atoms with Crippen LogP contribution in [0.5, 0.6) is 6.01 Å². The molecule has 2 aromatic heterocycles. The Hall–Kier alpha value is -2.18. The molecule has 96 valence electrons. The lowest BCUT2D eigenvalue weighted by Gasteiger charge is -2.07. The molecule has 0 fully saturated rings. The molecule has 2 rings (SSSR count). The van der Waals surface area contributed by atoms with Crippen molar-refractivity contribution in [1.82, 2.24) is 24.7 Å². The van der Waals surface area contributed by atoms with Gasteiger partial charge in [0.15, 0.2) is 0 Å². The first-order chi connectivity index (χ1) is 8.63. The van der Waals surface area contributed by atoms with E-state index in [1.165, 1.54) is 7.11 Å². The Labute approximate surface area is 105 Å². The van der Waals surface area contributed by atoms with Crippen molar-refractivity contribution in [3.05, 3.63) is 17.5 Å². The van der Waals surface area contributed by atoms with Crippen molar-refractivity contribution in [1.29, 1.82) is 0 Å². The summed E-state index contributed by atoms with van der Waals surface area (Å²) in [6.07, 6.45) is 0. The third kappa shape index (κ3) is 2.39. The maximum absolute atomic E-state index is 5.07. The van der Waals surface area contributed by atoms with Crippen LogP contribution in [0.15, 0.2) is 6.07 Å². The molecule has 7 nitrogen and oxygen atoms in total. The lowest BCUT2D eigenvalue weighted by molar-refractivity contribution is 0.377. The Bertz CT molecular complexity index is 550. The zero-order chi connectivity index (χ0) is 13.1. The van der Waals surface area contributed by atoms with Gasteiger partial charge in [0.2, 0.25) is 5.95 Å². The largest absolute Gasteiger partial charge is 0.467 e. The molecule has 18 heavy (non-hydrogen) atoms. The number of nitrogens with one attached hydrogen (secondary N) is 1. The maximum atomic E-state index is 5.07. The molecular formula is C11H16N6O. The normalized spacial score (nSPS) is 10.4. The molecule has 7 heteroatoms. The summed E-state index contributed by atoms with van der Waals surface area (Å²) in [5.41, 5.74) is 1.88. The Kier molecular flexibility index (Phi) is 3.40. The van der Waals surface area contributed by atoms with Gasteiger partial charge >= 0.3 is 6.01 Å². The van der Waals surface area contributed by atoms with Crippen LogP contribution in [0.2, 0.25) is 0 Å². The predicted octanol–water partition coefficient (Wildman–Crippen LogP) is 1.11. The number of aryl methyl sites for hydroxylation is 2. The van der Waals surface area contributed by atoms with Gasteiger partial charge in [0.1, 0.15) is 0 Å². The molecule has 0 aromatic carbocycles. The number of ether oxygens (including phenoxy) is 1. The van der Waals surface area contributed by atoms with E-state index in [-0.39, 0.29) is 6.01 Å². The summed E-state index contributed by atoms with van der Waals surface area (Å²) in [5, 5.41) is 7.37. The first-order valence-corrected chi connectivity index (χ1v) is 5.71. The van der Waals surface area contributed by atoms with E-state index >= 15 is 0 Å². The van der Waals surface area contributed by atoms with Crippen molar-refractivity contribution in [3.63, 3.8) is 0 Å². The van der Waals surface area contributed by atoms with E-state index in [2.05, 4.69) is 25.4 Å². The van der Waals surface area contributed by atoms with Crippen molar-refractivity contribution < 1.29 is 4.74 Å². The van der Waals surface area contributed by atoms with Gasteiger partial charge in [-0.15, -0.1) is 0 Å². The van der Waals surface area contributed by atoms with Crippen molar-refractivity contribution in [2.24, 2.45) is 0 Å². The van der Waals surface area contributed by atoms with Gasteiger partial charge in [0.05, 0.1) is 12.8 Å². The van der Waals surface area contributed by atoms with Crippen LogP contribution in [0.1, 0.15) is 18.3 Å². The van der Waals surface area contributed by atoms with Crippen LogP contribution in [0.25, 0.3) is 5.95 Å². The number of anilines is 1. The summed E-state index contributed by atoms with van der Waals surface area (Å²) in [6.45, 7) is 6.57. The van der Waals surface area contributed by atoms with Crippen molar-refractivity contribution in [3.8, 4) is 12.0 Å². The SMILES string of the molecule is CCNc1nc(OC)nc(-n2nc(C)cc2C)n1. The molecule has 0 spiro atoms. The van der Waals surface area contributed by atoms with E-state index in [4.69, 9.17) is 4.74 Å². The fraction of sp³-hybridized carbons (Fsp3) is 0.455. The molecule has 2 heterocycles. The minimum atomic E-state index is 0.267. The smallest absolute Gasteiger partial charge is 0.322 e. The molecule has 0 bridgehead atoms. The minimum absolute atomic E-state index is 0.267. The van der Waals surface area contributed by atoms with Crippen LogP contribution in [-0.2, 0) is 0 Å². The summed E-state index contributed by atoms with van der Waals surface area (Å²) in [7, 11) is 1.52. The monoisotopic (exact) mass is 248 g/mol. The topological polar surface area (TPSA) is 77.8 Å². The van der Waals surface area contributed by atoms with E-state index in [1.807, 2.05) is 26.8 Å². The molecule has 0 atom stereocenters. The van der Waals surface area contributed by atoms with E-state index in [9.17, 15) is 0 Å². The molecule has 0 saturated carbocycles. The Morgan fingerprint density at radius 1 is 1.28 bits per heavy atom. The number of rotatable bonds is 4. The second kappa shape index (κ2) is 4.99. The van der Waals surface area contributed by atoms with Crippen LogP contribution in [0.3, 0.4) is 0 Å². The zero-order valence-corrected chi connectivity index (χ0v) is 10.9. The minimum Gasteiger partial charge on any atom is -0.467 e. The van der Waals surface area contributed by atoms with Crippen LogP contribution in [0.4, 0.5) is 5.95 Å². The molecule has 0 aliphatic heterocycles. The average Bonchev–Trinajstić information content (AvgIpc) is 2.68. The summed E-state index contributed by atoms with van der Waals surface area (Å²) < 4.78 is 6.73. The molecule has 0 aliphatic carbocycles. The van der Waals surface area contributed by atoms with E-state index < -0.39 is 0 Å². The first-order valence-electron chi connectivity index (χ1n) is 5.71.